The molecule has 0 aromatic heterocycles. The average Bonchev–Trinajstić information content (AvgIpc) is 2.90. The van der Waals surface area contributed by atoms with Gasteiger partial charge < -0.3 is 10.2 Å². The van der Waals surface area contributed by atoms with Gasteiger partial charge in [0.1, 0.15) is 0 Å². The fraction of sp³-hybridized carbons (Fsp3) is 0.647. The highest BCUT2D eigenvalue weighted by Crippen LogP contribution is 2.39. The van der Waals surface area contributed by atoms with Crippen LogP contribution in [-0.4, -0.2) is 40.3 Å². The van der Waals surface area contributed by atoms with Gasteiger partial charge in [0.25, 0.3) is 0 Å². The third kappa shape index (κ3) is 2.76. The van der Waals surface area contributed by atoms with E-state index in [9.17, 15) is 10.2 Å². The molecular formula is C17H25NO2. The van der Waals surface area contributed by atoms with E-state index < -0.39 is 6.10 Å². The zero-order valence-electron chi connectivity index (χ0n) is 12.0. The second-order valence-corrected chi connectivity index (χ2v) is 6.24. The molecule has 0 spiro atoms. The molecule has 3 heteroatoms. The number of aliphatic hydroxyl groups excluding tert-OH is 2. The summed E-state index contributed by atoms with van der Waals surface area (Å²) >= 11 is 0. The van der Waals surface area contributed by atoms with Crippen molar-refractivity contribution in [3.05, 3.63) is 35.9 Å². The summed E-state index contributed by atoms with van der Waals surface area (Å²) in [6.45, 7) is 2.24. The van der Waals surface area contributed by atoms with Crippen LogP contribution in [0.2, 0.25) is 0 Å². The van der Waals surface area contributed by atoms with E-state index in [1.165, 1.54) is 19.3 Å². The molecule has 1 heterocycles. The van der Waals surface area contributed by atoms with E-state index in [1.54, 1.807) is 0 Å². The van der Waals surface area contributed by atoms with E-state index in [2.05, 4.69) is 4.90 Å². The number of hydrogen-bond acceptors (Lipinski definition) is 3. The molecular weight excluding hydrogens is 250 g/mol. The normalized spacial score (nSPS) is 33.2. The van der Waals surface area contributed by atoms with Gasteiger partial charge in [0, 0.05) is 12.0 Å². The van der Waals surface area contributed by atoms with Gasteiger partial charge in [-0.2, -0.15) is 0 Å². The highest BCUT2D eigenvalue weighted by Gasteiger charge is 2.43. The predicted molar refractivity (Wildman–Crippen MR) is 79.3 cm³/mol. The first-order valence-corrected chi connectivity index (χ1v) is 7.92. The van der Waals surface area contributed by atoms with Gasteiger partial charge >= 0.3 is 0 Å². The molecule has 20 heavy (non-hydrogen) atoms. The minimum atomic E-state index is -0.555. The summed E-state index contributed by atoms with van der Waals surface area (Å²) in [5.41, 5.74) is 0.931. The summed E-state index contributed by atoms with van der Waals surface area (Å²) in [5.74, 6) is -0.0458. The highest BCUT2D eigenvalue weighted by molar-refractivity contribution is 5.19. The summed E-state index contributed by atoms with van der Waals surface area (Å²) in [7, 11) is 0. The highest BCUT2D eigenvalue weighted by atomic mass is 16.3. The number of nitrogens with zero attached hydrogens (tertiary/aromatic N) is 1. The number of likely N-dealkylation sites (tertiary alicyclic amines) is 1. The van der Waals surface area contributed by atoms with Crippen LogP contribution in [-0.2, 0) is 0 Å². The Labute approximate surface area is 121 Å². The van der Waals surface area contributed by atoms with Gasteiger partial charge in [-0.3, -0.25) is 4.90 Å². The average molecular weight is 275 g/mol. The lowest BCUT2D eigenvalue weighted by Gasteiger charge is -2.38. The maximum absolute atomic E-state index is 10.7. The quantitative estimate of drug-likeness (QED) is 0.890. The Morgan fingerprint density at radius 2 is 1.70 bits per heavy atom. The zero-order chi connectivity index (χ0) is 13.9. The number of hydrogen-bond donors (Lipinski definition) is 2. The van der Waals surface area contributed by atoms with Crippen molar-refractivity contribution >= 4 is 0 Å². The molecule has 110 valence electrons. The Balaban J connectivity index is 1.77. The van der Waals surface area contributed by atoms with Gasteiger partial charge in [0.2, 0.25) is 0 Å². The van der Waals surface area contributed by atoms with Gasteiger partial charge in [-0.05, 0) is 44.3 Å². The molecule has 3 rings (SSSR count). The second kappa shape index (κ2) is 6.25. The molecule has 1 aliphatic carbocycles. The summed E-state index contributed by atoms with van der Waals surface area (Å²) in [5, 5.41) is 21.0. The summed E-state index contributed by atoms with van der Waals surface area (Å²) in [4.78, 5) is 2.50. The number of aliphatic hydroxyl groups is 2. The molecule has 1 aromatic rings. The van der Waals surface area contributed by atoms with Crippen LogP contribution >= 0.6 is 0 Å². The Bertz CT molecular complexity index is 416. The van der Waals surface area contributed by atoms with Crippen molar-refractivity contribution < 1.29 is 10.2 Å². The molecule has 4 atom stereocenters. The van der Waals surface area contributed by atoms with Crippen LogP contribution in [0.25, 0.3) is 0 Å². The Morgan fingerprint density at radius 1 is 1.00 bits per heavy atom. The minimum Gasteiger partial charge on any atom is -0.393 e. The van der Waals surface area contributed by atoms with Crippen molar-refractivity contribution in [2.75, 3.05) is 13.1 Å². The Morgan fingerprint density at radius 3 is 2.40 bits per heavy atom. The van der Waals surface area contributed by atoms with Crippen molar-refractivity contribution in [3.63, 3.8) is 0 Å². The number of piperidine rings is 1. The molecule has 1 saturated carbocycles. The summed E-state index contributed by atoms with van der Waals surface area (Å²) in [6.07, 6.45) is 4.71. The first kappa shape index (κ1) is 14.1. The summed E-state index contributed by atoms with van der Waals surface area (Å²) < 4.78 is 0. The standard InChI is InChI=1S/C17H25NO2/c19-15-10-9-14(18-11-5-2-6-12-18)16(15)17(20)13-7-3-1-4-8-13/h1,3-4,7-8,14-17,19-20H,2,5-6,9-12H2/t14-,15-,16+,17+/m0/s1. The van der Waals surface area contributed by atoms with Gasteiger partial charge in [-0.25, -0.2) is 0 Å². The largest absolute Gasteiger partial charge is 0.393 e. The van der Waals surface area contributed by atoms with Crippen molar-refractivity contribution in [1.82, 2.24) is 4.90 Å². The van der Waals surface area contributed by atoms with Crippen LogP contribution < -0.4 is 0 Å². The second-order valence-electron chi connectivity index (χ2n) is 6.24. The SMILES string of the molecule is O[C@H](c1ccccc1)[C@H]1[C@@H](O)CC[C@@H]1N1CCCCC1. The van der Waals surface area contributed by atoms with Crippen molar-refractivity contribution in [3.8, 4) is 0 Å². The first-order valence-electron chi connectivity index (χ1n) is 7.92. The van der Waals surface area contributed by atoms with Crippen LogP contribution in [0, 0.1) is 5.92 Å². The van der Waals surface area contributed by atoms with Crippen LogP contribution in [0.3, 0.4) is 0 Å². The number of rotatable bonds is 3. The summed E-state index contributed by atoms with van der Waals surface area (Å²) in [6, 6.07) is 10.1. The molecule has 0 unspecified atom stereocenters. The molecule has 2 aliphatic rings. The third-order valence-electron chi connectivity index (χ3n) is 5.01. The molecule has 0 amide bonds. The molecule has 2 fully saturated rings. The van der Waals surface area contributed by atoms with E-state index in [1.807, 2.05) is 30.3 Å². The van der Waals surface area contributed by atoms with E-state index in [0.717, 1.165) is 31.5 Å². The van der Waals surface area contributed by atoms with Crippen LogP contribution in [0.4, 0.5) is 0 Å². The first-order chi connectivity index (χ1) is 9.77. The lowest BCUT2D eigenvalue weighted by molar-refractivity contribution is -0.0106. The number of benzene rings is 1. The molecule has 0 bridgehead atoms. The van der Waals surface area contributed by atoms with E-state index >= 15 is 0 Å². The van der Waals surface area contributed by atoms with E-state index in [-0.39, 0.29) is 12.0 Å². The Kier molecular flexibility index (Phi) is 4.39. The van der Waals surface area contributed by atoms with Gasteiger partial charge in [-0.15, -0.1) is 0 Å². The van der Waals surface area contributed by atoms with E-state index in [4.69, 9.17) is 0 Å². The van der Waals surface area contributed by atoms with E-state index in [0.29, 0.717) is 6.04 Å². The molecule has 2 N–H and O–H groups in total. The molecule has 1 aliphatic heterocycles. The monoisotopic (exact) mass is 275 g/mol. The maximum Gasteiger partial charge on any atom is 0.0857 e. The third-order valence-corrected chi connectivity index (χ3v) is 5.01. The lowest BCUT2D eigenvalue weighted by Crippen LogP contribution is -2.44. The van der Waals surface area contributed by atoms with Crippen molar-refractivity contribution in [1.29, 1.82) is 0 Å². The fourth-order valence-corrected chi connectivity index (χ4v) is 3.95. The maximum atomic E-state index is 10.7. The Hall–Kier alpha value is -0.900. The van der Waals surface area contributed by atoms with Crippen molar-refractivity contribution in [2.45, 2.75) is 50.4 Å². The van der Waals surface area contributed by atoms with Crippen molar-refractivity contribution in [2.24, 2.45) is 5.92 Å². The lowest BCUT2D eigenvalue weighted by atomic mass is 9.88. The molecule has 3 nitrogen and oxygen atoms in total. The van der Waals surface area contributed by atoms with Gasteiger partial charge in [0.05, 0.1) is 12.2 Å². The fourth-order valence-electron chi connectivity index (χ4n) is 3.95. The molecule has 0 radical (unpaired) electrons. The predicted octanol–water partition coefficient (Wildman–Crippen LogP) is 2.35. The molecule has 1 aromatic carbocycles. The zero-order valence-corrected chi connectivity index (χ0v) is 12.0. The van der Waals surface area contributed by atoms with Crippen LogP contribution in [0.5, 0.6) is 0 Å². The molecule has 1 saturated heterocycles. The van der Waals surface area contributed by atoms with Gasteiger partial charge in [-0.1, -0.05) is 36.8 Å². The smallest absolute Gasteiger partial charge is 0.0857 e. The van der Waals surface area contributed by atoms with Crippen LogP contribution in [0.15, 0.2) is 30.3 Å². The topological polar surface area (TPSA) is 43.7 Å². The van der Waals surface area contributed by atoms with Gasteiger partial charge in [0.15, 0.2) is 0 Å². The minimum absolute atomic E-state index is 0.0458. The van der Waals surface area contributed by atoms with Crippen LogP contribution in [0.1, 0.15) is 43.8 Å².